The van der Waals surface area contributed by atoms with E-state index >= 15 is 0 Å². The Bertz CT molecular complexity index is 651. The van der Waals surface area contributed by atoms with Crippen LogP contribution in [0.5, 0.6) is 0 Å². The van der Waals surface area contributed by atoms with Crippen molar-refractivity contribution in [1.82, 2.24) is 0 Å². The topological polar surface area (TPSA) is 43.1 Å². The number of benzene rings is 1. The number of allylic oxidation sites excluding steroid dienone is 1. The predicted molar refractivity (Wildman–Crippen MR) is 68.3 cm³/mol. The van der Waals surface area contributed by atoms with Gasteiger partial charge in [-0.2, -0.15) is 0 Å². The molecule has 0 fully saturated rings. The molecule has 0 spiro atoms. The van der Waals surface area contributed by atoms with Crippen LogP contribution in [0.1, 0.15) is 40.0 Å². The number of carbonyl (C=O) groups is 1. The van der Waals surface area contributed by atoms with Crippen LogP contribution in [0.25, 0.3) is 5.57 Å². The standard InChI is InChI=1S/C15H17NO/c1-9-5-6-10-8-14-11(13(10)7-9)3-2-4-12(14)15(16)17/h5-7,12H,2-4,8H2,1H3,(H2,16,17)/i2D2,12D. The summed E-state index contributed by atoms with van der Waals surface area (Å²) in [6.45, 7) is 1.98. The molecule has 1 unspecified atom stereocenters. The van der Waals surface area contributed by atoms with Gasteiger partial charge in [0.2, 0.25) is 5.91 Å². The summed E-state index contributed by atoms with van der Waals surface area (Å²) < 4.78 is 24.5. The van der Waals surface area contributed by atoms with Crippen LogP contribution >= 0.6 is 0 Å². The van der Waals surface area contributed by atoms with E-state index in [4.69, 9.17) is 9.85 Å². The van der Waals surface area contributed by atoms with Crippen LogP contribution < -0.4 is 5.73 Å². The smallest absolute Gasteiger partial charge is 0.224 e. The summed E-state index contributed by atoms with van der Waals surface area (Å²) in [4.78, 5) is 11.8. The second kappa shape index (κ2) is 3.73. The van der Waals surface area contributed by atoms with Crippen LogP contribution in [0.15, 0.2) is 23.8 Å². The Hall–Kier alpha value is -1.57. The summed E-state index contributed by atoms with van der Waals surface area (Å²) in [6, 6.07) is 6.02. The summed E-state index contributed by atoms with van der Waals surface area (Å²) in [5.74, 6) is -2.37. The highest BCUT2D eigenvalue weighted by molar-refractivity contribution is 5.87. The minimum absolute atomic E-state index is 0.152. The molecule has 1 atom stereocenters. The molecule has 0 saturated carbocycles. The summed E-state index contributed by atoms with van der Waals surface area (Å²) in [6.07, 6.45) is -0.928. The molecule has 1 aromatic rings. The molecule has 3 rings (SSSR count). The fourth-order valence-electron chi connectivity index (χ4n) is 2.73. The quantitative estimate of drug-likeness (QED) is 0.791. The summed E-state index contributed by atoms with van der Waals surface area (Å²) >= 11 is 0. The van der Waals surface area contributed by atoms with Crippen molar-refractivity contribution in [1.29, 1.82) is 0 Å². The molecule has 17 heavy (non-hydrogen) atoms. The van der Waals surface area contributed by atoms with Crippen molar-refractivity contribution in [3.8, 4) is 0 Å². The monoisotopic (exact) mass is 230 g/mol. The molecule has 0 bridgehead atoms. The van der Waals surface area contributed by atoms with E-state index in [-0.39, 0.29) is 12.8 Å². The van der Waals surface area contributed by atoms with E-state index in [0.717, 1.165) is 22.3 Å². The average Bonchev–Trinajstić information content (AvgIpc) is 2.66. The van der Waals surface area contributed by atoms with Gasteiger partial charge in [-0.05, 0) is 54.8 Å². The Morgan fingerprint density at radius 1 is 1.59 bits per heavy atom. The second-order valence-electron chi connectivity index (χ2n) is 4.74. The Balaban J connectivity index is 2.20. The first kappa shape index (κ1) is 7.70. The average molecular weight is 230 g/mol. The van der Waals surface area contributed by atoms with Crippen molar-refractivity contribution >= 4 is 11.5 Å². The van der Waals surface area contributed by atoms with Crippen LogP contribution in [0.2, 0.25) is 0 Å². The minimum atomic E-state index is -1.62. The molecule has 0 heterocycles. The lowest BCUT2D eigenvalue weighted by molar-refractivity contribution is -0.121. The number of hydrogen-bond donors (Lipinski definition) is 1. The fourth-order valence-corrected chi connectivity index (χ4v) is 2.73. The highest BCUT2D eigenvalue weighted by Crippen LogP contribution is 2.44. The Morgan fingerprint density at radius 2 is 2.41 bits per heavy atom. The van der Waals surface area contributed by atoms with Crippen LogP contribution in [0, 0.1) is 12.8 Å². The number of fused-ring (bicyclic) bond motifs is 2. The molecular formula is C15H17NO. The summed E-state index contributed by atoms with van der Waals surface area (Å²) in [7, 11) is 0. The highest BCUT2D eigenvalue weighted by Gasteiger charge is 2.32. The largest absolute Gasteiger partial charge is 0.369 e. The van der Waals surface area contributed by atoms with Gasteiger partial charge < -0.3 is 5.73 Å². The zero-order valence-corrected chi connectivity index (χ0v) is 9.84. The first-order valence-electron chi connectivity index (χ1n) is 7.35. The van der Waals surface area contributed by atoms with E-state index in [1.165, 1.54) is 0 Å². The molecule has 2 N–H and O–H groups in total. The number of carbonyl (C=O) groups excluding carboxylic acids is 1. The van der Waals surface area contributed by atoms with Gasteiger partial charge in [0.05, 0.1) is 5.89 Å². The Labute approximate surface area is 106 Å². The van der Waals surface area contributed by atoms with Crippen LogP contribution in [-0.4, -0.2) is 5.91 Å². The molecule has 0 radical (unpaired) electrons. The summed E-state index contributed by atoms with van der Waals surface area (Å²) in [5, 5.41) is 0. The van der Waals surface area contributed by atoms with Crippen molar-refractivity contribution in [3.63, 3.8) is 0 Å². The molecule has 2 aliphatic carbocycles. The van der Waals surface area contributed by atoms with Crippen LogP contribution in [-0.2, 0) is 11.2 Å². The lowest BCUT2D eigenvalue weighted by Gasteiger charge is -2.22. The lowest BCUT2D eigenvalue weighted by atomic mass is 9.82. The van der Waals surface area contributed by atoms with Gasteiger partial charge in [0.1, 0.15) is 0 Å². The van der Waals surface area contributed by atoms with E-state index in [9.17, 15) is 4.79 Å². The second-order valence-corrected chi connectivity index (χ2v) is 4.74. The highest BCUT2D eigenvalue weighted by atomic mass is 16.1. The first-order chi connectivity index (χ1) is 9.23. The van der Waals surface area contributed by atoms with Gasteiger partial charge in [0.15, 0.2) is 0 Å². The van der Waals surface area contributed by atoms with E-state index in [0.29, 0.717) is 12.0 Å². The van der Waals surface area contributed by atoms with Crippen LogP contribution in [0.3, 0.4) is 0 Å². The maximum Gasteiger partial charge on any atom is 0.224 e. The molecule has 1 aromatic carbocycles. The molecule has 0 saturated heterocycles. The maximum atomic E-state index is 11.8. The van der Waals surface area contributed by atoms with Gasteiger partial charge >= 0.3 is 0 Å². The molecule has 2 nitrogen and oxygen atoms in total. The lowest BCUT2D eigenvalue weighted by Crippen LogP contribution is -2.27. The number of primary amides is 1. The third-order valence-corrected chi connectivity index (χ3v) is 3.59. The molecule has 1 amide bonds. The van der Waals surface area contributed by atoms with Gasteiger partial charge in [-0.1, -0.05) is 23.8 Å². The van der Waals surface area contributed by atoms with Crippen molar-refractivity contribution in [2.24, 2.45) is 11.6 Å². The minimum Gasteiger partial charge on any atom is -0.369 e. The number of nitrogens with two attached hydrogens (primary N) is 1. The van der Waals surface area contributed by atoms with Gasteiger partial charge in [-0.25, -0.2) is 0 Å². The van der Waals surface area contributed by atoms with E-state index in [1.807, 2.05) is 25.1 Å². The SMILES string of the molecule is [2H]C1([2H])CC2=C(Cc3ccc(C)cc32)C([2H])(C(N)=O)C1. The van der Waals surface area contributed by atoms with Gasteiger partial charge in [0.25, 0.3) is 0 Å². The van der Waals surface area contributed by atoms with E-state index < -0.39 is 18.2 Å². The molecular weight excluding hydrogens is 210 g/mol. The van der Waals surface area contributed by atoms with Gasteiger partial charge in [-0.15, -0.1) is 0 Å². The zero-order chi connectivity index (χ0) is 14.7. The van der Waals surface area contributed by atoms with Gasteiger partial charge in [0, 0.05) is 4.11 Å². The third kappa shape index (κ3) is 1.59. The molecule has 88 valence electrons. The zero-order valence-electron chi connectivity index (χ0n) is 12.8. The number of hydrogen-bond acceptors (Lipinski definition) is 1. The van der Waals surface area contributed by atoms with Crippen molar-refractivity contribution in [3.05, 3.63) is 40.5 Å². The first-order valence-corrected chi connectivity index (χ1v) is 5.85. The normalized spacial score (nSPS) is 32.2. The van der Waals surface area contributed by atoms with E-state index in [1.54, 1.807) is 0 Å². The summed E-state index contributed by atoms with van der Waals surface area (Å²) in [5.41, 5.74) is 10.1. The third-order valence-electron chi connectivity index (χ3n) is 3.59. The van der Waals surface area contributed by atoms with Crippen molar-refractivity contribution < 1.29 is 8.91 Å². The van der Waals surface area contributed by atoms with Gasteiger partial charge in [-0.3, -0.25) is 4.79 Å². The maximum absolute atomic E-state index is 11.8. The fraction of sp³-hybridized carbons (Fsp3) is 0.400. The molecule has 0 aromatic heterocycles. The predicted octanol–water partition coefficient (Wildman–Crippen LogP) is 2.59. The van der Waals surface area contributed by atoms with Crippen LogP contribution in [0.4, 0.5) is 0 Å². The van der Waals surface area contributed by atoms with Crippen molar-refractivity contribution in [2.45, 2.75) is 32.6 Å². The molecule has 2 aliphatic rings. The Kier molecular flexibility index (Phi) is 1.69. The number of amides is 1. The van der Waals surface area contributed by atoms with Crippen molar-refractivity contribution in [2.75, 3.05) is 0 Å². The number of rotatable bonds is 1. The van der Waals surface area contributed by atoms with E-state index in [2.05, 4.69) is 0 Å². The Morgan fingerprint density at radius 3 is 3.18 bits per heavy atom. The molecule has 0 aliphatic heterocycles. The molecule has 2 heteroatoms. The number of aryl methyl sites for hydroxylation is 1.